The maximum atomic E-state index is 10.3. The van der Waals surface area contributed by atoms with Crippen molar-refractivity contribution in [3.05, 3.63) is 11.1 Å². The number of carbonyl (C=O) groups is 1. The maximum absolute atomic E-state index is 10.3. The fourth-order valence-corrected chi connectivity index (χ4v) is 0.517. The third-order valence-electron chi connectivity index (χ3n) is 1.24. The molecule has 0 saturated carbocycles. The largest absolute Gasteiger partial charge is 0.480 e. The summed E-state index contributed by atoms with van der Waals surface area (Å²) in [6, 6.07) is -0.526. The number of carboxylic acid groups (broad SMARTS) is 1. The molecule has 0 aliphatic heterocycles. The average Bonchev–Trinajstić information content (AvgIpc) is 1.99. The van der Waals surface area contributed by atoms with Crippen LogP contribution in [0.4, 0.5) is 0 Å². The molecule has 0 aromatic rings. The molecular formula is C7H12ClNO2. The lowest BCUT2D eigenvalue weighted by Gasteiger charge is -2.07. The van der Waals surface area contributed by atoms with Gasteiger partial charge in [-0.1, -0.05) is 11.6 Å². The molecule has 64 valence electrons. The van der Waals surface area contributed by atoms with Gasteiger partial charge >= 0.3 is 5.97 Å². The molecule has 0 amide bonds. The van der Waals surface area contributed by atoms with Crippen LogP contribution < -0.4 is 5.32 Å². The summed E-state index contributed by atoms with van der Waals surface area (Å²) >= 11 is 5.37. The van der Waals surface area contributed by atoms with Crippen molar-refractivity contribution in [2.75, 3.05) is 6.54 Å². The van der Waals surface area contributed by atoms with Crippen LogP contribution in [0.25, 0.3) is 0 Å². The average molecular weight is 178 g/mol. The van der Waals surface area contributed by atoms with E-state index in [1.807, 2.05) is 6.92 Å². The van der Waals surface area contributed by atoms with E-state index in [0.717, 1.165) is 5.57 Å². The van der Waals surface area contributed by atoms with E-state index in [2.05, 4.69) is 5.32 Å². The molecule has 4 heteroatoms. The van der Waals surface area contributed by atoms with Gasteiger partial charge in [0.05, 0.1) is 0 Å². The van der Waals surface area contributed by atoms with Crippen LogP contribution in [-0.2, 0) is 4.79 Å². The van der Waals surface area contributed by atoms with E-state index in [-0.39, 0.29) is 0 Å². The van der Waals surface area contributed by atoms with Gasteiger partial charge < -0.3 is 10.4 Å². The second kappa shape index (κ2) is 5.16. The Morgan fingerprint density at radius 3 is 2.73 bits per heavy atom. The van der Waals surface area contributed by atoms with E-state index in [1.54, 1.807) is 6.92 Å². The van der Waals surface area contributed by atoms with Crippen LogP contribution in [0.5, 0.6) is 0 Å². The molecule has 0 saturated heterocycles. The lowest BCUT2D eigenvalue weighted by atomic mass is 10.3. The molecule has 0 spiro atoms. The highest BCUT2D eigenvalue weighted by Crippen LogP contribution is 1.93. The smallest absolute Gasteiger partial charge is 0.320 e. The Morgan fingerprint density at radius 2 is 2.36 bits per heavy atom. The lowest BCUT2D eigenvalue weighted by molar-refractivity contribution is -0.138. The fraction of sp³-hybridized carbons (Fsp3) is 0.571. The second-order valence-electron chi connectivity index (χ2n) is 2.40. The summed E-state index contributed by atoms with van der Waals surface area (Å²) in [6.45, 7) is 3.93. The van der Waals surface area contributed by atoms with Gasteiger partial charge in [-0.15, -0.1) is 0 Å². The normalized spacial score (nSPS) is 14.6. The Labute approximate surface area is 71.0 Å². The van der Waals surface area contributed by atoms with Gasteiger partial charge in [-0.2, -0.15) is 0 Å². The Kier molecular flexibility index (Phi) is 4.90. The van der Waals surface area contributed by atoms with E-state index >= 15 is 0 Å². The lowest BCUT2D eigenvalue weighted by Crippen LogP contribution is -2.34. The number of carboxylic acids is 1. The van der Waals surface area contributed by atoms with E-state index < -0.39 is 12.0 Å². The van der Waals surface area contributed by atoms with Crippen molar-refractivity contribution in [2.24, 2.45) is 0 Å². The molecule has 0 aromatic carbocycles. The van der Waals surface area contributed by atoms with Crippen LogP contribution in [0.15, 0.2) is 11.1 Å². The van der Waals surface area contributed by atoms with Gasteiger partial charge in [-0.05, 0) is 19.4 Å². The van der Waals surface area contributed by atoms with Gasteiger partial charge in [0.15, 0.2) is 0 Å². The summed E-state index contributed by atoms with van der Waals surface area (Å²) in [5, 5.41) is 11.2. The van der Waals surface area contributed by atoms with Gasteiger partial charge in [0, 0.05) is 12.1 Å². The summed E-state index contributed by atoms with van der Waals surface area (Å²) in [5.41, 5.74) is 2.35. The molecular weight excluding hydrogens is 166 g/mol. The maximum Gasteiger partial charge on any atom is 0.320 e. The predicted molar refractivity (Wildman–Crippen MR) is 44.7 cm³/mol. The van der Waals surface area contributed by atoms with Crippen molar-refractivity contribution in [2.45, 2.75) is 19.9 Å². The van der Waals surface area contributed by atoms with Crippen LogP contribution in [0.1, 0.15) is 13.8 Å². The number of hydrogen-bond donors (Lipinski definition) is 2. The molecule has 0 aliphatic rings. The summed E-state index contributed by atoms with van der Waals surface area (Å²) in [4.78, 5) is 10.3. The zero-order valence-electron chi connectivity index (χ0n) is 6.60. The third-order valence-corrected chi connectivity index (χ3v) is 1.62. The minimum absolute atomic E-state index is 0.511. The van der Waals surface area contributed by atoms with Crippen LogP contribution in [-0.4, -0.2) is 23.7 Å². The molecule has 0 radical (unpaired) electrons. The van der Waals surface area contributed by atoms with Crippen molar-refractivity contribution in [3.8, 4) is 0 Å². The van der Waals surface area contributed by atoms with Gasteiger partial charge in [-0.25, -0.2) is 0 Å². The molecule has 3 nitrogen and oxygen atoms in total. The molecule has 11 heavy (non-hydrogen) atoms. The quantitative estimate of drug-likeness (QED) is 0.679. The SMILES string of the molecule is CC(=CCl)CN[C@@H](C)C(=O)O. The monoisotopic (exact) mass is 177 g/mol. The van der Waals surface area contributed by atoms with E-state index in [9.17, 15) is 4.79 Å². The zero-order valence-corrected chi connectivity index (χ0v) is 7.35. The standard InChI is InChI=1S/C7H12ClNO2/c1-5(3-8)4-9-6(2)7(10)11/h3,6,9H,4H2,1-2H3,(H,10,11)/t6-/m0/s1. The van der Waals surface area contributed by atoms with Crippen molar-refractivity contribution in [1.29, 1.82) is 0 Å². The first-order chi connectivity index (χ1) is 5.07. The van der Waals surface area contributed by atoms with Crippen molar-refractivity contribution < 1.29 is 9.90 Å². The summed E-state index contributed by atoms with van der Waals surface area (Å²) in [6.07, 6.45) is 0. The molecule has 0 rings (SSSR count). The van der Waals surface area contributed by atoms with Crippen LogP contribution in [0.2, 0.25) is 0 Å². The Bertz CT molecular complexity index is 168. The van der Waals surface area contributed by atoms with Crippen molar-refractivity contribution >= 4 is 17.6 Å². The Balaban J connectivity index is 3.62. The second-order valence-corrected chi connectivity index (χ2v) is 2.61. The van der Waals surface area contributed by atoms with Crippen LogP contribution >= 0.6 is 11.6 Å². The number of rotatable bonds is 4. The first kappa shape index (κ1) is 10.5. The Morgan fingerprint density at radius 1 is 1.82 bits per heavy atom. The molecule has 0 unspecified atom stereocenters. The molecule has 2 N–H and O–H groups in total. The highest BCUT2D eigenvalue weighted by molar-refractivity contribution is 6.25. The summed E-state index contributed by atoms with van der Waals surface area (Å²) in [5.74, 6) is -0.854. The van der Waals surface area contributed by atoms with Crippen molar-refractivity contribution in [3.63, 3.8) is 0 Å². The minimum atomic E-state index is -0.854. The Hall–Kier alpha value is -0.540. The summed E-state index contributed by atoms with van der Waals surface area (Å²) < 4.78 is 0. The molecule has 0 heterocycles. The zero-order chi connectivity index (χ0) is 8.85. The highest BCUT2D eigenvalue weighted by Gasteiger charge is 2.08. The predicted octanol–water partition coefficient (Wildman–Crippen LogP) is 1.19. The highest BCUT2D eigenvalue weighted by atomic mass is 35.5. The first-order valence-electron chi connectivity index (χ1n) is 3.30. The van der Waals surface area contributed by atoms with Gasteiger partial charge in [0.2, 0.25) is 0 Å². The number of nitrogens with one attached hydrogen (secondary N) is 1. The summed E-state index contributed by atoms with van der Waals surface area (Å²) in [7, 11) is 0. The van der Waals surface area contributed by atoms with Gasteiger partial charge in [0.25, 0.3) is 0 Å². The molecule has 0 aliphatic carbocycles. The molecule has 0 bridgehead atoms. The molecule has 0 aromatic heterocycles. The van der Waals surface area contributed by atoms with E-state index in [4.69, 9.17) is 16.7 Å². The van der Waals surface area contributed by atoms with E-state index in [1.165, 1.54) is 5.54 Å². The number of hydrogen-bond acceptors (Lipinski definition) is 2. The number of halogens is 1. The van der Waals surface area contributed by atoms with Gasteiger partial charge in [-0.3, -0.25) is 4.79 Å². The molecule has 0 fully saturated rings. The van der Waals surface area contributed by atoms with E-state index in [0.29, 0.717) is 6.54 Å². The molecule has 1 atom stereocenters. The first-order valence-corrected chi connectivity index (χ1v) is 3.73. The number of aliphatic carboxylic acids is 1. The third kappa shape index (κ3) is 4.81. The van der Waals surface area contributed by atoms with Crippen molar-refractivity contribution in [1.82, 2.24) is 5.32 Å². The fourth-order valence-electron chi connectivity index (χ4n) is 0.440. The van der Waals surface area contributed by atoms with Gasteiger partial charge in [0.1, 0.15) is 6.04 Å². The minimum Gasteiger partial charge on any atom is -0.480 e. The van der Waals surface area contributed by atoms with Crippen LogP contribution in [0, 0.1) is 0 Å². The van der Waals surface area contributed by atoms with Crippen LogP contribution in [0.3, 0.4) is 0 Å². The topological polar surface area (TPSA) is 49.3 Å².